The highest BCUT2D eigenvalue weighted by Gasteiger charge is 2.21. The van der Waals surface area contributed by atoms with Crippen LogP contribution in [-0.4, -0.2) is 42.3 Å². The summed E-state index contributed by atoms with van der Waals surface area (Å²) in [4.78, 5) is 37.8. The highest BCUT2D eigenvalue weighted by atomic mass is 16.2. The summed E-state index contributed by atoms with van der Waals surface area (Å²) in [6, 6.07) is 16.5. The lowest BCUT2D eigenvalue weighted by Gasteiger charge is -2.30. The minimum atomic E-state index is -0.733. The van der Waals surface area contributed by atoms with Gasteiger partial charge in [-0.2, -0.15) is 0 Å². The summed E-state index contributed by atoms with van der Waals surface area (Å²) in [7, 11) is 0. The van der Waals surface area contributed by atoms with Gasteiger partial charge in [-0.25, -0.2) is 0 Å². The lowest BCUT2D eigenvalue weighted by Crippen LogP contribution is -2.42. The van der Waals surface area contributed by atoms with Gasteiger partial charge in [-0.3, -0.25) is 19.3 Å². The average molecular weight is 396 g/mol. The summed E-state index contributed by atoms with van der Waals surface area (Å²) in [5, 5.41) is 7.95. The summed E-state index contributed by atoms with van der Waals surface area (Å²) in [5.74, 6) is -1.60. The molecular formula is C22H28N4O3. The topological polar surface area (TPSA) is 90.5 Å². The van der Waals surface area contributed by atoms with Gasteiger partial charge >= 0.3 is 11.8 Å². The second-order valence-electron chi connectivity index (χ2n) is 6.57. The number of likely N-dealkylation sites (N-methyl/N-ethyl adjacent to an activating group) is 1. The minimum Gasteiger partial charge on any atom is -0.346 e. The van der Waals surface area contributed by atoms with Crippen molar-refractivity contribution in [3.63, 3.8) is 0 Å². The van der Waals surface area contributed by atoms with E-state index in [4.69, 9.17) is 0 Å². The van der Waals surface area contributed by atoms with E-state index < -0.39 is 11.8 Å². The first-order valence-electron chi connectivity index (χ1n) is 9.70. The van der Waals surface area contributed by atoms with Gasteiger partial charge in [0.1, 0.15) is 0 Å². The van der Waals surface area contributed by atoms with Crippen LogP contribution < -0.4 is 16.0 Å². The molecule has 0 saturated heterocycles. The summed E-state index contributed by atoms with van der Waals surface area (Å²) in [6.07, 6.45) is 0. The number of rotatable bonds is 8. The lowest BCUT2D eigenvalue weighted by atomic mass is 10.1. The van der Waals surface area contributed by atoms with Crippen LogP contribution in [0.1, 0.15) is 32.4 Å². The van der Waals surface area contributed by atoms with Crippen LogP contribution in [-0.2, 0) is 14.4 Å². The zero-order valence-corrected chi connectivity index (χ0v) is 17.1. The van der Waals surface area contributed by atoms with Crippen LogP contribution in [0.4, 0.5) is 11.4 Å². The van der Waals surface area contributed by atoms with Crippen LogP contribution in [0.2, 0.25) is 0 Å². The molecule has 154 valence electrons. The number of carbonyl (C=O) groups is 3. The molecular weight excluding hydrogens is 368 g/mol. The monoisotopic (exact) mass is 396 g/mol. The third kappa shape index (κ3) is 6.73. The molecule has 2 rings (SSSR count). The molecule has 0 aliphatic rings. The summed E-state index contributed by atoms with van der Waals surface area (Å²) >= 11 is 0. The molecule has 29 heavy (non-hydrogen) atoms. The average Bonchev–Trinajstić information content (AvgIpc) is 2.72. The van der Waals surface area contributed by atoms with Gasteiger partial charge in [-0.1, -0.05) is 44.2 Å². The zero-order chi connectivity index (χ0) is 21.2. The zero-order valence-electron chi connectivity index (χ0n) is 17.1. The molecule has 0 radical (unpaired) electrons. The Kier molecular flexibility index (Phi) is 8.36. The third-order valence-corrected chi connectivity index (χ3v) is 4.56. The lowest BCUT2D eigenvalue weighted by molar-refractivity contribution is -0.136. The predicted molar refractivity (Wildman–Crippen MR) is 114 cm³/mol. The first-order valence-corrected chi connectivity index (χ1v) is 9.70. The second-order valence-corrected chi connectivity index (χ2v) is 6.57. The van der Waals surface area contributed by atoms with Gasteiger partial charge in [-0.15, -0.1) is 0 Å². The predicted octanol–water partition coefficient (Wildman–Crippen LogP) is 2.78. The van der Waals surface area contributed by atoms with Gasteiger partial charge < -0.3 is 16.0 Å². The third-order valence-electron chi connectivity index (χ3n) is 4.56. The van der Waals surface area contributed by atoms with Crippen molar-refractivity contribution in [1.82, 2.24) is 10.2 Å². The maximum atomic E-state index is 12.3. The van der Waals surface area contributed by atoms with Gasteiger partial charge in [0.25, 0.3) is 0 Å². The van der Waals surface area contributed by atoms with E-state index in [-0.39, 0.29) is 11.9 Å². The number of hydrogen-bond acceptors (Lipinski definition) is 4. The minimum absolute atomic E-state index is 0.0140. The van der Waals surface area contributed by atoms with E-state index in [1.807, 2.05) is 30.3 Å². The molecule has 0 spiro atoms. The Hall–Kier alpha value is -3.19. The fourth-order valence-corrected chi connectivity index (χ4v) is 3.10. The molecule has 3 N–H and O–H groups in total. The van der Waals surface area contributed by atoms with Crippen LogP contribution in [0.3, 0.4) is 0 Å². The molecule has 1 unspecified atom stereocenters. The summed E-state index contributed by atoms with van der Waals surface area (Å²) < 4.78 is 0. The number of amides is 3. The molecule has 0 aliphatic carbocycles. The number of benzene rings is 2. The quantitative estimate of drug-likeness (QED) is 0.599. The first kappa shape index (κ1) is 22.1. The Labute approximate surface area is 171 Å². The molecule has 3 amide bonds. The molecule has 0 fully saturated rings. The van der Waals surface area contributed by atoms with E-state index in [0.29, 0.717) is 17.9 Å². The fourth-order valence-electron chi connectivity index (χ4n) is 3.10. The van der Waals surface area contributed by atoms with E-state index in [1.165, 1.54) is 6.92 Å². The van der Waals surface area contributed by atoms with Crippen LogP contribution in [0.25, 0.3) is 0 Å². The van der Waals surface area contributed by atoms with Crippen molar-refractivity contribution in [2.75, 3.05) is 30.3 Å². The van der Waals surface area contributed by atoms with Crippen LogP contribution in [0.15, 0.2) is 54.6 Å². The molecule has 0 aromatic heterocycles. The van der Waals surface area contributed by atoms with Crippen molar-refractivity contribution in [3.05, 3.63) is 60.2 Å². The highest BCUT2D eigenvalue weighted by Crippen LogP contribution is 2.19. The van der Waals surface area contributed by atoms with E-state index in [2.05, 4.69) is 34.7 Å². The van der Waals surface area contributed by atoms with Gasteiger partial charge in [0.05, 0.1) is 6.04 Å². The second kappa shape index (κ2) is 11.0. The van der Waals surface area contributed by atoms with Crippen molar-refractivity contribution in [2.45, 2.75) is 26.8 Å². The number of anilines is 2. The molecule has 2 aromatic rings. The van der Waals surface area contributed by atoms with E-state index in [1.54, 1.807) is 24.3 Å². The van der Waals surface area contributed by atoms with Crippen molar-refractivity contribution in [3.8, 4) is 0 Å². The van der Waals surface area contributed by atoms with Crippen molar-refractivity contribution in [2.24, 2.45) is 0 Å². The van der Waals surface area contributed by atoms with Crippen molar-refractivity contribution < 1.29 is 14.4 Å². The SMILES string of the molecule is CCN(CC)C(CNC(=O)C(=O)Nc1ccc(NC(C)=O)cc1)c1ccccc1. The molecule has 7 nitrogen and oxygen atoms in total. The Balaban J connectivity index is 1.96. The maximum absolute atomic E-state index is 12.3. The van der Waals surface area contributed by atoms with Gasteiger partial charge in [0, 0.05) is 24.8 Å². The first-order chi connectivity index (χ1) is 13.9. The fraction of sp³-hybridized carbons (Fsp3) is 0.318. The number of carbonyl (C=O) groups excluding carboxylic acids is 3. The summed E-state index contributed by atoms with van der Waals surface area (Å²) in [6.45, 7) is 7.55. The molecule has 2 aromatic carbocycles. The van der Waals surface area contributed by atoms with E-state index in [9.17, 15) is 14.4 Å². The van der Waals surface area contributed by atoms with E-state index >= 15 is 0 Å². The Morgan fingerprint density at radius 2 is 1.38 bits per heavy atom. The molecule has 0 bridgehead atoms. The van der Waals surface area contributed by atoms with Crippen molar-refractivity contribution in [1.29, 1.82) is 0 Å². The Morgan fingerprint density at radius 1 is 0.828 bits per heavy atom. The normalized spacial score (nSPS) is 11.6. The Morgan fingerprint density at radius 3 is 1.90 bits per heavy atom. The largest absolute Gasteiger partial charge is 0.346 e. The number of hydrogen-bond donors (Lipinski definition) is 3. The van der Waals surface area contributed by atoms with Gasteiger partial charge in [0.2, 0.25) is 5.91 Å². The molecule has 0 heterocycles. The summed E-state index contributed by atoms with van der Waals surface area (Å²) in [5.41, 5.74) is 2.18. The number of nitrogens with zero attached hydrogens (tertiary/aromatic N) is 1. The molecule has 7 heteroatoms. The maximum Gasteiger partial charge on any atom is 0.313 e. The molecule has 1 atom stereocenters. The molecule has 0 aliphatic heterocycles. The van der Waals surface area contributed by atoms with Gasteiger partial charge in [0.15, 0.2) is 0 Å². The van der Waals surface area contributed by atoms with Crippen LogP contribution >= 0.6 is 0 Å². The highest BCUT2D eigenvalue weighted by molar-refractivity contribution is 6.39. The van der Waals surface area contributed by atoms with Crippen LogP contribution in [0.5, 0.6) is 0 Å². The van der Waals surface area contributed by atoms with Gasteiger partial charge in [-0.05, 0) is 42.9 Å². The van der Waals surface area contributed by atoms with Crippen molar-refractivity contribution >= 4 is 29.1 Å². The Bertz CT molecular complexity index is 818. The molecule has 0 saturated carbocycles. The number of nitrogens with one attached hydrogen (secondary N) is 3. The smallest absolute Gasteiger partial charge is 0.313 e. The standard InChI is InChI=1S/C22H28N4O3/c1-4-26(5-2)20(17-9-7-6-8-10-17)15-23-21(28)22(29)25-19-13-11-18(12-14-19)24-16(3)27/h6-14,20H,4-5,15H2,1-3H3,(H,23,28)(H,24,27)(H,25,29). The van der Waals surface area contributed by atoms with Crippen LogP contribution in [0, 0.1) is 0 Å². The van der Waals surface area contributed by atoms with E-state index in [0.717, 1.165) is 18.7 Å².